The van der Waals surface area contributed by atoms with Gasteiger partial charge in [-0.2, -0.15) is 0 Å². The first-order valence-corrected chi connectivity index (χ1v) is 17.3. The molecule has 17 heteroatoms. The largest absolute Gasteiger partial charge is 0.450 e. The van der Waals surface area contributed by atoms with E-state index in [1.165, 1.54) is 17.1 Å². The molecule has 0 bridgehead atoms. The van der Waals surface area contributed by atoms with Gasteiger partial charge < -0.3 is 30.1 Å². The summed E-state index contributed by atoms with van der Waals surface area (Å²) in [6, 6.07) is 17.2. The lowest BCUT2D eigenvalue weighted by Crippen LogP contribution is -2.71. The van der Waals surface area contributed by atoms with Gasteiger partial charge in [0, 0.05) is 11.1 Å². The number of nitrogens with two attached hydrogens (primary N) is 1. The van der Waals surface area contributed by atoms with Crippen molar-refractivity contribution in [2.75, 3.05) is 24.9 Å². The number of carbonyl (C=O) groups excluding carboxylic acids is 5. The third-order valence-electron chi connectivity index (χ3n) is 7.17. The Labute approximate surface area is 299 Å². The van der Waals surface area contributed by atoms with Crippen LogP contribution >= 0.6 is 34.7 Å². The fraction of sp³-hybridized carbons (Fsp3) is 0.303. The zero-order valence-corrected chi connectivity index (χ0v) is 29.4. The molecule has 2 aliphatic heterocycles. The Kier molecular flexibility index (Phi) is 11.4. The summed E-state index contributed by atoms with van der Waals surface area (Å²) in [5.74, 6) is -3.69. The average Bonchev–Trinajstić information content (AvgIpc) is 3.53. The smallest absolute Gasteiger partial charge is 0.359 e. The number of benzene rings is 2. The summed E-state index contributed by atoms with van der Waals surface area (Å²) < 4.78 is 15.8. The molecule has 1 saturated heterocycles. The molecule has 2 aliphatic rings. The van der Waals surface area contributed by atoms with Crippen LogP contribution < -0.4 is 11.1 Å². The van der Waals surface area contributed by atoms with Crippen molar-refractivity contribution < 1.29 is 43.0 Å². The van der Waals surface area contributed by atoms with Gasteiger partial charge in [-0.05, 0) is 31.9 Å². The zero-order valence-electron chi connectivity index (χ0n) is 27.0. The molecule has 2 amide bonds. The molecular weight excluding hydrogens is 710 g/mol. The first-order chi connectivity index (χ1) is 23.8. The first kappa shape index (κ1) is 36.4. The molecule has 1 aromatic heterocycles. The number of rotatable bonds is 12. The number of nitrogens with one attached hydrogen (secondary N) is 1. The number of oxime groups is 1. The Morgan fingerprint density at radius 1 is 1.06 bits per heavy atom. The van der Waals surface area contributed by atoms with Crippen LogP contribution in [-0.2, 0) is 43.0 Å². The van der Waals surface area contributed by atoms with Crippen LogP contribution in [0.15, 0.2) is 81.9 Å². The van der Waals surface area contributed by atoms with E-state index in [1.54, 1.807) is 20.8 Å². The van der Waals surface area contributed by atoms with E-state index >= 15 is 0 Å². The minimum absolute atomic E-state index is 0.0433. The molecule has 5 rings (SSSR count). The third kappa shape index (κ3) is 8.43. The van der Waals surface area contributed by atoms with Crippen molar-refractivity contribution in [3.05, 3.63) is 93.6 Å². The predicted octanol–water partition coefficient (Wildman–Crippen LogP) is 3.72. The normalized spacial score (nSPS) is 17.4. The molecule has 1 unspecified atom stereocenters. The van der Waals surface area contributed by atoms with Crippen molar-refractivity contribution in [3.63, 3.8) is 0 Å². The maximum Gasteiger partial charge on any atom is 0.359 e. The molecule has 2 atom stereocenters. The Hall–Kier alpha value is -4.93. The maximum absolute atomic E-state index is 13.5. The molecule has 262 valence electrons. The van der Waals surface area contributed by atoms with Crippen LogP contribution in [-0.4, -0.2) is 75.9 Å². The highest BCUT2D eigenvalue weighted by atomic mass is 35.5. The molecule has 50 heavy (non-hydrogen) atoms. The Morgan fingerprint density at radius 2 is 1.70 bits per heavy atom. The van der Waals surface area contributed by atoms with Gasteiger partial charge in [0.25, 0.3) is 11.8 Å². The van der Waals surface area contributed by atoms with Crippen molar-refractivity contribution in [2.45, 2.75) is 38.3 Å². The van der Waals surface area contributed by atoms with E-state index in [9.17, 15) is 24.0 Å². The Balaban J connectivity index is 1.24. The number of halogens is 1. The highest BCUT2D eigenvalue weighted by molar-refractivity contribution is 8.00. The number of nitrogens with zero attached hydrogens (tertiary/aromatic N) is 3. The predicted molar refractivity (Wildman–Crippen MR) is 184 cm³/mol. The van der Waals surface area contributed by atoms with Crippen molar-refractivity contribution in [1.29, 1.82) is 0 Å². The van der Waals surface area contributed by atoms with Crippen LogP contribution in [0.4, 0.5) is 5.13 Å². The molecule has 14 nitrogen and oxygen atoms in total. The standard InChI is InChI=1S/C33H32ClN5O9S2/c1-33(2,3)31(44)46-17-45-30(43)25-20(34)15-49-29-24(28(42)39(25)29)37-27(41)23(21-16-50-32(35)36-21)38-47-14-22(40)48-26(18-10-6-4-7-11-18)19-12-8-5-9-13-19/h4-13,16,24,26,29H,14-15,17H2,1-3H3,(H2,35,36)(H,37,41)/t24?,29-/m1/s1. The van der Waals surface area contributed by atoms with Gasteiger partial charge in [-0.15, -0.1) is 23.1 Å². The second kappa shape index (κ2) is 15.7. The minimum Gasteiger partial charge on any atom is -0.450 e. The van der Waals surface area contributed by atoms with Crippen LogP contribution in [0, 0.1) is 5.41 Å². The number of anilines is 1. The lowest BCUT2D eigenvalue weighted by molar-refractivity contribution is -0.173. The van der Waals surface area contributed by atoms with E-state index in [4.69, 9.17) is 36.4 Å². The molecule has 1 fully saturated rings. The fourth-order valence-electron chi connectivity index (χ4n) is 4.70. The van der Waals surface area contributed by atoms with E-state index in [1.807, 2.05) is 60.7 Å². The van der Waals surface area contributed by atoms with E-state index in [0.29, 0.717) is 0 Å². The molecule has 3 N–H and O–H groups in total. The van der Waals surface area contributed by atoms with E-state index in [0.717, 1.165) is 27.4 Å². The van der Waals surface area contributed by atoms with Crippen LogP contribution in [0.25, 0.3) is 0 Å². The number of aromatic nitrogens is 1. The fourth-order valence-corrected chi connectivity index (χ4v) is 6.80. The van der Waals surface area contributed by atoms with E-state index in [2.05, 4.69) is 15.5 Å². The number of thioether (sulfide) groups is 1. The number of carbonyl (C=O) groups is 5. The summed E-state index contributed by atoms with van der Waals surface area (Å²) in [6.45, 7) is 3.59. The summed E-state index contributed by atoms with van der Waals surface area (Å²) in [6.07, 6.45) is -0.720. The molecule has 0 saturated carbocycles. The summed E-state index contributed by atoms with van der Waals surface area (Å²) in [4.78, 5) is 75.0. The summed E-state index contributed by atoms with van der Waals surface area (Å²) in [5.41, 5.74) is 5.93. The molecule has 0 radical (unpaired) electrons. The van der Waals surface area contributed by atoms with Gasteiger partial charge >= 0.3 is 17.9 Å². The number of β-lactam (4-membered cyclic amide) rings is 1. The number of esters is 3. The topological polar surface area (TPSA) is 189 Å². The highest BCUT2D eigenvalue weighted by Gasteiger charge is 2.54. The Bertz CT molecular complexity index is 1790. The highest BCUT2D eigenvalue weighted by Crippen LogP contribution is 2.41. The number of fused-ring (bicyclic) bond motifs is 1. The lowest BCUT2D eigenvalue weighted by atomic mass is 9.98. The SMILES string of the molecule is CC(C)(C)C(=O)OCOC(=O)C1=C(Cl)CS[C@@H]2C(NC(=O)C(=NOCC(=O)OC(c3ccccc3)c3ccccc3)c3csc(N)n3)C(=O)N12. The van der Waals surface area contributed by atoms with Crippen molar-refractivity contribution in [1.82, 2.24) is 15.2 Å². The van der Waals surface area contributed by atoms with Crippen molar-refractivity contribution >= 4 is 75.3 Å². The van der Waals surface area contributed by atoms with Gasteiger partial charge in [-0.1, -0.05) is 77.4 Å². The van der Waals surface area contributed by atoms with Crippen molar-refractivity contribution in [3.8, 4) is 0 Å². The second-order valence-electron chi connectivity index (χ2n) is 11.8. The second-order valence-corrected chi connectivity index (χ2v) is 14.3. The zero-order chi connectivity index (χ0) is 36.0. The van der Waals surface area contributed by atoms with Crippen LogP contribution in [0.2, 0.25) is 0 Å². The molecule has 2 aromatic carbocycles. The molecule has 0 aliphatic carbocycles. The van der Waals surface area contributed by atoms with Gasteiger partial charge in [0.05, 0.1) is 10.4 Å². The quantitative estimate of drug-likeness (QED) is 0.0902. The van der Waals surface area contributed by atoms with Crippen molar-refractivity contribution in [2.24, 2.45) is 10.6 Å². The van der Waals surface area contributed by atoms with Crippen LogP contribution in [0.5, 0.6) is 0 Å². The Morgan fingerprint density at radius 3 is 2.28 bits per heavy atom. The lowest BCUT2D eigenvalue weighted by Gasteiger charge is -2.49. The maximum atomic E-state index is 13.5. The summed E-state index contributed by atoms with van der Waals surface area (Å²) >= 11 is 8.54. The summed E-state index contributed by atoms with van der Waals surface area (Å²) in [7, 11) is 0. The molecule has 0 spiro atoms. The average molecular weight is 742 g/mol. The third-order valence-corrected chi connectivity index (χ3v) is 9.59. The van der Waals surface area contributed by atoms with Gasteiger partial charge in [-0.25, -0.2) is 14.6 Å². The van der Waals surface area contributed by atoms with Gasteiger partial charge in [0.2, 0.25) is 13.4 Å². The molecule has 3 heterocycles. The number of amides is 2. The monoisotopic (exact) mass is 741 g/mol. The number of nitrogen functional groups attached to an aromatic ring is 1. The number of hydrogen-bond donors (Lipinski definition) is 2. The molecular formula is C33H32ClN5O9S2. The van der Waals surface area contributed by atoms with E-state index < -0.39 is 66.1 Å². The van der Waals surface area contributed by atoms with Crippen LogP contribution in [0.3, 0.4) is 0 Å². The van der Waals surface area contributed by atoms with Crippen LogP contribution in [0.1, 0.15) is 43.7 Å². The van der Waals surface area contributed by atoms with Gasteiger partial charge in [-0.3, -0.25) is 19.3 Å². The van der Waals surface area contributed by atoms with Gasteiger partial charge in [0.15, 0.2) is 16.9 Å². The summed E-state index contributed by atoms with van der Waals surface area (Å²) in [5, 5.41) is 7.40. The number of ether oxygens (including phenoxy) is 3. The molecule has 3 aromatic rings. The van der Waals surface area contributed by atoms with E-state index in [-0.39, 0.29) is 33.0 Å². The number of thiazole rings is 1. The first-order valence-electron chi connectivity index (χ1n) is 15.0. The van der Waals surface area contributed by atoms with Gasteiger partial charge in [0.1, 0.15) is 22.8 Å². The number of hydrogen-bond acceptors (Lipinski definition) is 14. The minimum atomic E-state index is -1.09.